The summed E-state index contributed by atoms with van der Waals surface area (Å²) in [6.45, 7) is 11.3. The minimum absolute atomic E-state index is 0.0674. The number of hydrogen-bond acceptors (Lipinski definition) is 3. The SMILES string of the molecule is CC(C)(C)CC(C)(C)c1ccc(O)c(-c2nccs2)c1. The fourth-order valence-corrected chi connectivity index (χ4v) is 3.58. The van der Waals surface area contributed by atoms with E-state index < -0.39 is 0 Å². The van der Waals surface area contributed by atoms with Crippen LogP contribution in [0.1, 0.15) is 46.6 Å². The molecule has 2 nitrogen and oxygen atoms in total. The first-order chi connectivity index (χ1) is 9.19. The number of benzene rings is 1. The van der Waals surface area contributed by atoms with Crippen molar-refractivity contribution in [3.05, 3.63) is 35.3 Å². The Bertz CT molecular complexity index is 580. The molecular formula is C17H23NOS. The number of nitrogens with zero attached hydrogens (tertiary/aromatic N) is 1. The van der Waals surface area contributed by atoms with Crippen molar-refractivity contribution < 1.29 is 5.11 Å². The quantitative estimate of drug-likeness (QED) is 0.839. The lowest BCUT2D eigenvalue weighted by Gasteiger charge is -2.33. The summed E-state index contributed by atoms with van der Waals surface area (Å²) in [7, 11) is 0. The molecule has 0 aliphatic rings. The molecule has 0 saturated heterocycles. The highest BCUT2D eigenvalue weighted by atomic mass is 32.1. The average molecular weight is 289 g/mol. The molecule has 1 N–H and O–H groups in total. The molecule has 0 fully saturated rings. The Morgan fingerprint density at radius 3 is 2.40 bits per heavy atom. The second kappa shape index (κ2) is 5.21. The van der Waals surface area contributed by atoms with E-state index in [0.29, 0.717) is 5.75 Å². The number of phenolic OH excluding ortho intramolecular Hbond substituents is 1. The van der Waals surface area contributed by atoms with Gasteiger partial charge in [0, 0.05) is 11.6 Å². The van der Waals surface area contributed by atoms with Gasteiger partial charge in [-0.05, 0) is 34.9 Å². The summed E-state index contributed by atoms with van der Waals surface area (Å²) < 4.78 is 0. The molecule has 0 saturated carbocycles. The molecule has 0 aliphatic carbocycles. The normalized spacial score (nSPS) is 12.7. The van der Waals surface area contributed by atoms with Gasteiger partial charge in [0.25, 0.3) is 0 Å². The molecule has 0 amide bonds. The first-order valence-corrected chi connectivity index (χ1v) is 7.80. The molecule has 0 spiro atoms. The van der Waals surface area contributed by atoms with Crippen molar-refractivity contribution in [1.29, 1.82) is 0 Å². The van der Waals surface area contributed by atoms with Crippen LogP contribution < -0.4 is 0 Å². The van der Waals surface area contributed by atoms with Crippen molar-refractivity contribution in [2.45, 2.75) is 46.5 Å². The van der Waals surface area contributed by atoms with E-state index in [-0.39, 0.29) is 10.8 Å². The minimum atomic E-state index is 0.0674. The molecule has 0 bridgehead atoms. The topological polar surface area (TPSA) is 33.1 Å². The van der Waals surface area contributed by atoms with Crippen LogP contribution in [0.4, 0.5) is 0 Å². The van der Waals surface area contributed by atoms with Crippen molar-refractivity contribution in [1.82, 2.24) is 4.98 Å². The highest BCUT2D eigenvalue weighted by molar-refractivity contribution is 7.13. The highest BCUT2D eigenvalue weighted by Crippen LogP contribution is 2.40. The molecule has 3 heteroatoms. The van der Waals surface area contributed by atoms with Crippen molar-refractivity contribution >= 4 is 11.3 Å². The smallest absolute Gasteiger partial charge is 0.126 e. The van der Waals surface area contributed by atoms with E-state index in [1.807, 2.05) is 11.4 Å². The van der Waals surface area contributed by atoms with E-state index >= 15 is 0 Å². The van der Waals surface area contributed by atoms with Crippen LogP contribution in [0.25, 0.3) is 10.6 Å². The second-order valence-corrected chi connectivity index (χ2v) is 8.09. The Morgan fingerprint density at radius 1 is 1.15 bits per heavy atom. The first-order valence-electron chi connectivity index (χ1n) is 6.92. The van der Waals surface area contributed by atoms with E-state index in [4.69, 9.17) is 0 Å². The molecular weight excluding hydrogens is 266 g/mol. The minimum Gasteiger partial charge on any atom is -0.507 e. The maximum absolute atomic E-state index is 10.1. The first kappa shape index (κ1) is 15.0. The molecule has 1 aromatic carbocycles. The van der Waals surface area contributed by atoms with Crippen LogP contribution >= 0.6 is 11.3 Å². The number of thiazole rings is 1. The van der Waals surface area contributed by atoms with Gasteiger partial charge in [0.2, 0.25) is 0 Å². The zero-order valence-corrected chi connectivity index (χ0v) is 13.7. The van der Waals surface area contributed by atoms with Crippen molar-refractivity contribution in [3.8, 4) is 16.3 Å². The van der Waals surface area contributed by atoms with Crippen LogP contribution in [-0.2, 0) is 5.41 Å². The summed E-state index contributed by atoms with van der Waals surface area (Å²) >= 11 is 1.55. The Morgan fingerprint density at radius 2 is 1.85 bits per heavy atom. The summed E-state index contributed by atoms with van der Waals surface area (Å²) in [5.74, 6) is 0.301. The average Bonchev–Trinajstić information content (AvgIpc) is 2.79. The molecule has 2 aromatic rings. The lowest BCUT2D eigenvalue weighted by atomic mass is 9.72. The van der Waals surface area contributed by atoms with Gasteiger partial charge in [0.1, 0.15) is 10.8 Å². The fourth-order valence-electron chi connectivity index (χ4n) is 2.91. The zero-order valence-electron chi connectivity index (χ0n) is 12.9. The number of rotatable bonds is 3. The Hall–Kier alpha value is -1.35. The van der Waals surface area contributed by atoms with Crippen molar-refractivity contribution in [3.63, 3.8) is 0 Å². The predicted molar refractivity (Wildman–Crippen MR) is 86.3 cm³/mol. The maximum atomic E-state index is 10.1. The van der Waals surface area contributed by atoms with Gasteiger partial charge in [-0.3, -0.25) is 0 Å². The van der Waals surface area contributed by atoms with Crippen molar-refractivity contribution in [2.75, 3.05) is 0 Å². The molecule has 0 aliphatic heterocycles. The van der Waals surface area contributed by atoms with Gasteiger partial charge in [0.05, 0.1) is 5.56 Å². The molecule has 20 heavy (non-hydrogen) atoms. The Balaban J connectivity index is 2.41. The van der Waals surface area contributed by atoms with Gasteiger partial charge in [-0.25, -0.2) is 4.98 Å². The third-order valence-corrected chi connectivity index (χ3v) is 4.22. The molecule has 2 rings (SSSR count). The van der Waals surface area contributed by atoms with Crippen molar-refractivity contribution in [2.24, 2.45) is 5.41 Å². The van der Waals surface area contributed by atoms with Crippen LogP contribution in [0, 0.1) is 5.41 Å². The van der Waals surface area contributed by atoms with Gasteiger partial charge in [-0.1, -0.05) is 40.7 Å². The van der Waals surface area contributed by atoms with Gasteiger partial charge in [-0.2, -0.15) is 0 Å². The summed E-state index contributed by atoms with van der Waals surface area (Å²) in [4.78, 5) is 4.30. The zero-order chi connectivity index (χ0) is 15.0. The van der Waals surface area contributed by atoms with Gasteiger partial charge < -0.3 is 5.11 Å². The molecule has 0 radical (unpaired) electrons. The summed E-state index contributed by atoms with van der Waals surface area (Å²) in [6.07, 6.45) is 2.86. The van der Waals surface area contributed by atoms with Gasteiger partial charge >= 0.3 is 0 Å². The largest absolute Gasteiger partial charge is 0.507 e. The summed E-state index contributed by atoms with van der Waals surface area (Å²) in [5, 5.41) is 12.9. The summed E-state index contributed by atoms with van der Waals surface area (Å²) in [5.41, 5.74) is 2.41. The lowest BCUT2D eigenvalue weighted by Crippen LogP contribution is -2.24. The van der Waals surface area contributed by atoms with Gasteiger partial charge in [0.15, 0.2) is 0 Å². The highest BCUT2D eigenvalue weighted by Gasteiger charge is 2.28. The molecule has 1 aromatic heterocycles. The Kier molecular flexibility index (Phi) is 3.92. The molecule has 1 heterocycles. The number of aromatic nitrogens is 1. The maximum Gasteiger partial charge on any atom is 0.126 e. The van der Waals surface area contributed by atoms with E-state index in [1.54, 1.807) is 23.6 Å². The standard InChI is InChI=1S/C17H23NOS/c1-16(2,3)11-17(4,5)12-6-7-14(19)13(10-12)15-18-8-9-20-15/h6-10,19H,11H2,1-5H3. The van der Waals surface area contributed by atoms with Crippen LogP contribution in [0.3, 0.4) is 0 Å². The third-order valence-electron chi connectivity index (χ3n) is 3.41. The lowest BCUT2D eigenvalue weighted by molar-refractivity contribution is 0.284. The third kappa shape index (κ3) is 3.40. The van der Waals surface area contributed by atoms with Crippen LogP contribution in [0.2, 0.25) is 0 Å². The molecule has 108 valence electrons. The molecule has 0 atom stereocenters. The van der Waals surface area contributed by atoms with E-state index in [1.165, 1.54) is 5.56 Å². The number of hydrogen-bond donors (Lipinski definition) is 1. The van der Waals surface area contributed by atoms with Crippen LogP contribution in [-0.4, -0.2) is 10.1 Å². The summed E-state index contributed by atoms with van der Waals surface area (Å²) in [6, 6.07) is 5.90. The number of phenols is 1. The Labute approximate surface area is 125 Å². The number of aromatic hydroxyl groups is 1. The van der Waals surface area contributed by atoms with Crippen LogP contribution in [0.5, 0.6) is 5.75 Å². The van der Waals surface area contributed by atoms with E-state index in [2.05, 4.69) is 45.7 Å². The molecule has 0 unspecified atom stereocenters. The fraction of sp³-hybridized carbons (Fsp3) is 0.471. The van der Waals surface area contributed by atoms with Crippen LogP contribution in [0.15, 0.2) is 29.8 Å². The second-order valence-electron chi connectivity index (χ2n) is 7.19. The predicted octanol–water partition coefficient (Wildman–Crippen LogP) is 5.23. The van der Waals surface area contributed by atoms with Gasteiger partial charge in [-0.15, -0.1) is 11.3 Å². The monoisotopic (exact) mass is 289 g/mol. The van der Waals surface area contributed by atoms with E-state index in [0.717, 1.165) is 17.0 Å². The van der Waals surface area contributed by atoms with E-state index in [9.17, 15) is 5.11 Å².